The predicted molar refractivity (Wildman–Crippen MR) is 128 cm³/mol. The number of hydrogen-bond donors (Lipinski definition) is 2. The lowest BCUT2D eigenvalue weighted by atomic mass is 9.83. The van der Waals surface area contributed by atoms with Gasteiger partial charge < -0.3 is 15.0 Å². The van der Waals surface area contributed by atoms with E-state index in [1.807, 2.05) is 12.1 Å². The van der Waals surface area contributed by atoms with Crippen molar-refractivity contribution in [1.82, 2.24) is 40.7 Å². The number of benzene rings is 1. The van der Waals surface area contributed by atoms with Crippen LogP contribution in [0.15, 0.2) is 36.9 Å². The lowest BCUT2D eigenvalue weighted by Gasteiger charge is -2.43. The maximum Gasteiger partial charge on any atom is 0.245 e. The smallest absolute Gasteiger partial charge is 0.245 e. The summed E-state index contributed by atoms with van der Waals surface area (Å²) in [5.41, 5.74) is 4.14. The molecule has 174 valence electrons. The van der Waals surface area contributed by atoms with Gasteiger partial charge in [-0.15, -0.1) is 10.2 Å². The number of anilines is 1. The molecular weight excluding hydrogens is 430 g/mol. The van der Waals surface area contributed by atoms with Gasteiger partial charge in [-0.25, -0.2) is 15.0 Å². The number of fused-ring (bicyclic) bond motifs is 3. The fraction of sp³-hybridized carbons (Fsp3) is 0.417. The quantitative estimate of drug-likeness (QED) is 0.466. The molecule has 5 heterocycles. The van der Waals surface area contributed by atoms with Crippen molar-refractivity contribution in [3.8, 4) is 28.4 Å². The van der Waals surface area contributed by atoms with Crippen LogP contribution in [-0.4, -0.2) is 67.6 Å². The Hall–Kier alpha value is -3.66. The van der Waals surface area contributed by atoms with Gasteiger partial charge in [0.15, 0.2) is 0 Å². The van der Waals surface area contributed by atoms with Gasteiger partial charge in [-0.1, -0.05) is 12.5 Å². The number of nitrogens with one attached hydrogen (secondary N) is 2. The van der Waals surface area contributed by atoms with Crippen LogP contribution in [-0.2, 0) is 0 Å². The van der Waals surface area contributed by atoms with E-state index in [1.54, 1.807) is 25.6 Å². The number of piperidine rings is 2. The van der Waals surface area contributed by atoms with Crippen LogP contribution in [0.25, 0.3) is 33.4 Å². The van der Waals surface area contributed by atoms with E-state index in [0.29, 0.717) is 35.6 Å². The fourth-order valence-electron chi connectivity index (χ4n) is 5.34. The number of rotatable bonds is 5. The van der Waals surface area contributed by atoms with Gasteiger partial charge in [-0.3, -0.25) is 5.10 Å². The van der Waals surface area contributed by atoms with E-state index < -0.39 is 0 Å². The molecule has 2 aliphatic heterocycles. The first kappa shape index (κ1) is 20.9. The summed E-state index contributed by atoms with van der Waals surface area (Å²) in [4.78, 5) is 15.4. The Morgan fingerprint density at radius 2 is 1.79 bits per heavy atom. The van der Waals surface area contributed by atoms with Crippen molar-refractivity contribution < 1.29 is 4.74 Å². The summed E-state index contributed by atoms with van der Waals surface area (Å²) < 4.78 is 5.25. The minimum Gasteiger partial charge on any atom is -0.481 e. The molecule has 2 N–H and O–H groups in total. The molecule has 0 spiro atoms. The van der Waals surface area contributed by atoms with E-state index in [0.717, 1.165) is 40.6 Å². The number of aromatic amines is 1. The Balaban J connectivity index is 1.28. The third-order valence-corrected chi connectivity index (χ3v) is 7.12. The molecule has 2 atom stereocenters. The van der Waals surface area contributed by atoms with Gasteiger partial charge in [0.1, 0.15) is 12.0 Å². The molecule has 2 saturated heterocycles. The zero-order valence-corrected chi connectivity index (χ0v) is 19.3. The lowest BCUT2D eigenvalue weighted by molar-refractivity contribution is 0.218. The molecule has 0 amide bonds. The van der Waals surface area contributed by atoms with E-state index in [4.69, 9.17) is 4.74 Å². The van der Waals surface area contributed by atoms with Crippen LogP contribution >= 0.6 is 0 Å². The summed E-state index contributed by atoms with van der Waals surface area (Å²) in [7, 11) is 3.67. The monoisotopic (exact) mass is 457 g/mol. The highest BCUT2D eigenvalue weighted by molar-refractivity contribution is 6.01. The van der Waals surface area contributed by atoms with E-state index in [-0.39, 0.29) is 0 Å². The molecule has 34 heavy (non-hydrogen) atoms. The normalized spacial score (nSPS) is 22.0. The van der Waals surface area contributed by atoms with E-state index in [9.17, 15) is 0 Å². The molecule has 10 nitrogen and oxygen atoms in total. The van der Waals surface area contributed by atoms with Crippen molar-refractivity contribution in [3.05, 3.63) is 36.9 Å². The summed E-state index contributed by atoms with van der Waals surface area (Å²) in [6.07, 6.45) is 11.2. The number of ether oxygens (including phenoxy) is 1. The van der Waals surface area contributed by atoms with Crippen LogP contribution in [0, 0.1) is 0 Å². The summed E-state index contributed by atoms with van der Waals surface area (Å²) in [6, 6.07) is 7.45. The first-order chi connectivity index (χ1) is 16.7. The van der Waals surface area contributed by atoms with Crippen LogP contribution in [0.2, 0.25) is 0 Å². The van der Waals surface area contributed by atoms with Crippen molar-refractivity contribution in [3.63, 3.8) is 0 Å². The van der Waals surface area contributed by atoms with E-state index in [1.165, 1.54) is 25.6 Å². The second kappa shape index (κ2) is 8.60. The molecule has 0 unspecified atom stereocenters. The largest absolute Gasteiger partial charge is 0.481 e. The standard InChI is InChI=1S/C24H27N9O/c1-33(16-8-14-4-3-5-15(9-16)29-14)24-25-12-21(30-32-24)17-6-7-18(23-19(17)11-28-31-23)20-10-22(34-2)27-13-26-20/h6-7,10-16,29H,3-5,8-9H2,1-2H3,(H,28,31)/t14-,15-/m0/s1. The van der Waals surface area contributed by atoms with Crippen molar-refractivity contribution in [2.45, 2.75) is 50.2 Å². The number of H-pyrrole nitrogens is 1. The van der Waals surface area contributed by atoms with Crippen molar-refractivity contribution >= 4 is 16.9 Å². The summed E-state index contributed by atoms with van der Waals surface area (Å²) in [5, 5.41) is 21.1. The molecule has 0 radical (unpaired) electrons. The minimum atomic E-state index is 0.439. The maximum absolute atomic E-state index is 5.25. The van der Waals surface area contributed by atoms with Gasteiger partial charge in [0.2, 0.25) is 11.8 Å². The Bertz CT molecular complexity index is 1290. The molecule has 3 aromatic heterocycles. The summed E-state index contributed by atoms with van der Waals surface area (Å²) in [5.74, 6) is 1.18. The van der Waals surface area contributed by atoms with Crippen LogP contribution < -0.4 is 15.0 Å². The van der Waals surface area contributed by atoms with Gasteiger partial charge in [0, 0.05) is 47.8 Å². The molecular formula is C24H27N9O. The van der Waals surface area contributed by atoms with E-state index in [2.05, 4.69) is 52.6 Å². The number of aromatic nitrogens is 7. The van der Waals surface area contributed by atoms with Crippen LogP contribution in [0.3, 0.4) is 0 Å². The van der Waals surface area contributed by atoms with Gasteiger partial charge in [0.05, 0.1) is 30.7 Å². The Morgan fingerprint density at radius 1 is 0.971 bits per heavy atom. The lowest BCUT2D eigenvalue weighted by Crippen LogP contribution is -2.54. The van der Waals surface area contributed by atoms with Gasteiger partial charge >= 0.3 is 0 Å². The molecule has 4 aromatic rings. The van der Waals surface area contributed by atoms with Gasteiger partial charge in [0.25, 0.3) is 0 Å². The molecule has 0 aliphatic carbocycles. The van der Waals surface area contributed by atoms with Crippen LogP contribution in [0.5, 0.6) is 5.88 Å². The van der Waals surface area contributed by atoms with E-state index >= 15 is 0 Å². The zero-order valence-electron chi connectivity index (χ0n) is 19.3. The van der Waals surface area contributed by atoms with Crippen molar-refractivity contribution in [2.75, 3.05) is 19.1 Å². The Labute approximate surface area is 197 Å². The maximum atomic E-state index is 5.25. The summed E-state index contributed by atoms with van der Waals surface area (Å²) in [6.45, 7) is 0. The topological polar surface area (TPSA) is 118 Å². The van der Waals surface area contributed by atoms with Crippen molar-refractivity contribution in [2.24, 2.45) is 0 Å². The van der Waals surface area contributed by atoms with Gasteiger partial charge in [-0.05, 0) is 31.7 Å². The fourth-order valence-corrected chi connectivity index (χ4v) is 5.34. The number of hydrogen-bond acceptors (Lipinski definition) is 9. The molecule has 1 aromatic carbocycles. The SMILES string of the molecule is COc1cc(-c2ccc(-c3cnc(N(C)C4C[C@@H]5CCC[C@@H](C4)N5)nn3)c3cn[nH]c23)ncn1. The van der Waals surface area contributed by atoms with Crippen LogP contribution in [0.4, 0.5) is 5.95 Å². The highest BCUT2D eigenvalue weighted by Gasteiger charge is 2.33. The predicted octanol–water partition coefficient (Wildman–Crippen LogP) is 2.99. The zero-order chi connectivity index (χ0) is 23.1. The Morgan fingerprint density at radius 3 is 2.56 bits per heavy atom. The Kier molecular flexibility index (Phi) is 5.29. The third-order valence-electron chi connectivity index (χ3n) is 7.12. The average molecular weight is 458 g/mol. The van der Waals surface area contributed by atoms with Crippen molar-refractivity contribution in [1.29, 1.82) is 0 Å². The third kappa shape index (κ3) is 3.73. The molecule has 10 heteroatoms. The second-order valence-electron chi connectivity index (χ2n) is 9.14. The summed E-state index contributed by atoms with van der Waals surface area (Å²) >= 11 is 0. The first-order valence-electron chi connectivity index (χ1n) is 11.7. The molecule has 6 rings (SSSR count). The number of nitrogens with zero attached hydrogens (tertiary/aromatic N) is 7. The average Bonchev–Trinajstić information content (AvgIpc) is 3.38. The molecule has 2 fully saturated rings. The minimum absolute atomic E-state index is 0.439. The number of methoxy groups -OCH3 is 1. The highest BCUT2D eigenvalue weighted by Crippen LogP contribution is 2.34. The second-order valence-corrected chi connectivity index (χ2v) is 9.14. The van der Waals surface area contributed by atoms with Crippen LogP contribution in [0.1, 0.15) is 32.1 Å². The molecule has 2 bridgehead atoms. The molecule has 2 aliphatic rings. The van der Waals surface area contributed by atoms with Gasteiger partial charge in [-0.2, -0.15) is 5.10 Å². The molecule has 0 saturated carbocycles. The first-order valence-corrected chi connectivity index (χ1v) is 11.7. The highest BCUT2D eigenvalue weighted by atomic mass is 16.5.